The van der Waals surface area contributed by atoms with Crippen molar-refractivity contribution in [2.24, 2.45) is 23.5 Å². The molecule has 2 aliphatic rings. The van der Waals surface area contributed by atoms with Crippen molar-refractivity contribution in [1.29, 1.82) is 0 Å². The number of hydrogen-bond acceptors (Lipinski definition) is 2. The number of carbonyl (C=O) groups is 1. The highest BCUT2D eigenvalue weighted by Crippen LogP contribution is 2.34. The highest BCUT2D eigenvalue weighted by molar-refractivity contribution is 5.81. The van der Waals surface area contributed by atoms with Crippen molar-refractivity contribution < 1.29 is 4.79 Å². The van der Waals surface area contributed by atoms with Crippen molar-refractivity contribution in [2.75, 3.05) is 19.6 Å². The molecule has 2 rings (SSSR count). The molecule has 80 valence electrons. The summed E-state index contributed by atoms with van der Waals surface area (Å²) in [5, 5.41) is 0. The fraction of sp³-hybridized carbons (Fsp3) is 0.909. The van der Waals surface area contributed by atoms with Gasteiger partial charge in [-0.25, -0.2) is 0 Å². The fourth-order valence-electron chi connectivity index (χ4n) is 2.39. The summed E-state index contributed by atoms with van der Waals surface area (Å²) in [7, 11) is 0. The van der Waals surface area contributed by atoms with Gasteiger partial charge in [-0.05, 0) is 37.6 Å². The van der Waals surface area contributed by atoms with Crippen LogP contribution in [0.5, 0.6) is 0 Å². The fourth-order valence-corrected chi connectivity index (χ4v) is 2.39. The first-order valence-electron chi connectivity index (χ1n) is 5.71. The van der Waals surface area contributed by atoms with E-state index >= 15 is 0 Å². The first kappa shape index (κ1) is 9.97. The van der Waals surface area contributed by atoms with Gasteiger partial charge < -0.3 is 10.6 Å². The number of nitrogens with two attached hydrogens (primary N) is 1. The van der Waals surface area contributed by atoms with Crippen LogP contribution in [0, 0.1) is 17.8 Å². The minimum absolute atomic E-state index is 0.374. The van der Waals surface area contributed by atoms with E-state index in [2.05, 4.69) is 11.8 Å². The molecule has 0 unspecified atom stereocenters. The van der Waals surface area contributed by atoms with Crippen LogP contribution in [0.1, 0.15) is 26.2 Å². The third-order valence-corrected chi connectivity index (χ3v) is 3.54. The number of rotatable bonds is 3. The average molecular weight is 196 g/mol. The van der Waals surface area contributed by atoms with E-state index in [1.165, 1.54) is 0 Å². The van der Waals surface area contributed by atoms with Crippen molar-refractivity contribution in [1.82, 2.24) is 4.90 Å². The minimum atomic E-state index is 0.374. The molecule has 2 fully saturated rings. The molecular weight excluding hydrogens is 176 g/mol. The van der Waals surface area contributed by atoms with Crippen molar-refractivity contribution in [2.45, 2.75) is 26.2 Å². The van der Waals surface area contributed by atoms with E-state index in [0.717, 1.165) is 38.9 Å². The summed E-state index contributed by atoms with van der Waals surface area (Å²) in [4.78, 5) is 13.9. The van der Waals surface area contributed by atoms with E-state index in [1.54, 1.807) is 0 Å². The van der Waals surface area contributed by atoms with E-state index < -0.39 is 0 Å². The molecule has 1 saturated heterocycles. The van der Waals surface area contributed by atoms with Gasteiger partial charge in [-0.2, -0.15) is 0 Å². The van der Waals surface area contributed by atoms with Crippen LogP contribution in [-0.2, 0) is 4.79 Å². The Hall–Kier alpha value is -0.570. The van der Waals surface area contributed by atoms with Crippen molar-refractivity contribution in [3.8, 4) is 0 Å². The molecule has 14 heavy (non-hydrogen) atoms. The van der Waals surface area contributed by atoms with Gasteiger partial charge in [0.05, 0.1) is 0 Å². The first-order valence-corrected chi connectivity index (χ1v) is 5.71. The molecule has 2 atom stereocenters. The number of likely N-dealkylation sites (tertiary alicyclic amines) is 1. The van der Waals surface area contributed by atoms with E-state index in [0.29, 0.717) is 23.7 Å². The van der Waals surface area contributed by atoms with Crippen molar-refractivity contribution >= 4 is 5.91 Å². The molecule has 1 aliphatic carbocycles. The average Bonchev–Trinajstić information content (AvgIpc) is 2.93. The Kier molecular flexibility index (Phi) is 2.77. The van der Waals surface area contributed by atoms with Gasteiger partial charge >= 0.3 is 0 Å². The van der Waals surface area contributed by atoms with Gasteiger partial charge in [0, 0.05) is 19.0 Å². The van der Waals surface area contributed by atoms with Crippen LogP contribution in [0.3, 0.4) is 0 Å². The molecule has 0 spiro atoms. The summed E-state index contributed by atoms with van der Waals surface area (Å²) in [5.74, 6) is 2.05. The lowest BCUT2D eigenvalue weighted by Crippen LogP contribution is -2.30. The lowest BCUT2D eigenvalue weighted by Gasteiger charge is -2.15. The zero-order valence-electron chi connectivity index (χ0n) is 8.91. The molecule has 2 N–H and O–H groups in total. The van der Waals surface area contributed by atoms with Crippen LogP contribution in [0.25, 0.3) is 0 Å². The van der Waals surface area contributed by atoms with Crippen LogP contribution in [0.4, 0.5) is 0 Å². The maximum absolute atomic E-state index is 11.8. The lowest BCUT2D eigenvalue weighted by atomic mass is 9.95. The summed E-state index contributed by atoms with van der Waals surface area (Å²) >= 11 is 0. The second-order valence-electron chi connectivity index (χ2n) is 4.83. The van der Waals surface area contributed by atoms with Crippen molar-refractivity contribution in [3.63, 3.8) is 0 Å². The maximum Gasteiger partial charge on any atom is 0.225 e. The van der Waals surface area contributed by atoms with Gasteiger partial charge in [-0.1, -0.05) is 6.92 Å². The Balaban J connectivity index is 1.88. The molecule has 3 nitrogen and oxygen atoms in total. The normalized spacial score (nSPS) is 32.3. The van der Waals surface area contributed by atoms with E-state index in [-0.39, 0.29) is 0 Å². The van der Waals surface area contributed by atoms with Gasteiger partial charge in [-0.15, -0.1) is 0 Å². The topological polar surface area (TPSA) is 46.3 Å². The van der Waals surface area contributed by atoms with Crippen LogP contribution in [0.2, 0.25) is 0 Å². The molecule has 1 saturated carbocycles. The zero-order chi connectivity index (χ0) is 10.1. The monoisotopic (exact) mass is 196 g/mol. The SMILES string of the molecule is C[C@@H]1CN(C(=O)C2CC2)C[C@H]1CCN. The second-order valence-corrected chi connectivity index (χ2v) is 4.83. The lowest BCUT2D eigenvalue weighted by molar-refractivity contribution is -0.131. The molecule has 0 radical (unpaired) electrons. The summed E-state index contributed by atoms with van der Waals surface area (Å²) in [6.07, 6.45) is 3.30. The van der Waals surface area contributed by atoms with Gasteiger partial charge in [0.25, 0.3) is 0 Å². The van der Waals surface area contributed by atoms with Gasteiger partial charge in [0.15, 0.2) is 0 Å². The van der Waals surface area contributed by atoms with Crippen LogP contribution in [0.15, 0.2) is 0 Å². The molecular formula is C11H20N2O. The standard InChI is InChI=1S/C11H20N2O/c1-8-6-13(7-10(8)4-5-12)11(14)9-2-3-9/h8-10H,2-7,12H2,1H3/t8-,10-/m1/s1. The first-order chi connectivity index (χ1) is 6.72. The van der Waals surface area contributed by atoms with Gasteiger partial charge in [0.1, 0.15) is 0 Å². The van der Waals surface area contributed by atoms with Gasteiger partial charge in [0.2, 0.25) is 5.91 Å². The molecule has 1 aliphatic heterocycles. The highest BCUT2D eigenvalue weighted by Gasteiger charge is 2.38. The summed E-state index contributed by atoms with van der Waals surface area (Å²) in [6.45, 7) is 4.90. The highest BCUT2D eigenvalue weighted by atomic mass is 16.2. The molecule has 1 amide bonds. The molecule has 0 aromatic carbocycles. The Morgan fingerprint density at radius 3 is 2.71 bits per heavy atom. The third-order valence-electron chi connectivity index (χ3n) is 3.54. The third kappa shape index (κ3) is 1.92. The maximum atomic E-state index is 11.8. The van der Waals surface area contributed by atoms with Crippen molar-refractivity contribution in [3.05, 3.63) is 0 Å². The predicted molar refractivity (Wildman–Crippen MR) is 55.6 cm³/mol. The van der Waals surface area contributed by atoms with E-state index in [9.17, 15) is 4.79 Å². The van der Waals surface area contributed by atoms with Crippen LogP contribution < -0.4 is 5.73 Å². The quantitative estimate of drug-likeness (QED) is 0.727. The summed E-state index contributed by atoms with van der Waals surface area (Å²) in [5.41, 5.74) is 5.56. The second kappa shape index (κ2) is 3.89. The number of nitrogens with zero attached hydrogens (tertiary/aromatic N) is 1. The number of amides is 1. The predicted octanol–water partition coefficient (Wildman–Crippen LogP) is 0.840. The Morgan fingerprint density at radius 2 is 2.14 bits per heavy atom. The largest absolute Gasteiger partial charge is 0.342 e. The molecule has 0 bridgehead atoms. The van der Waals surface area contributed by atoms with Crippen LogP contribution >= 0.6 is 0 Å². The number of hydrogen-bond donors (Lipinski definition) is 1. The van der Waals surface area contributed by atoms with Gasteiger partial charge in [-0.3, -0.25) is 4.79 Å². The molecule has 1 heterocycles. The Bertz CT molecular complexity index is 225. The molecule has 0 aromatic rings. The molecule has 3 heteroatoms. The Morgan fingerprint density at radius 1 is 1.43 bits per heavy atom. The Labute approximate surface area is 85.6 Å². The molecule has 0 aromatic heterocycles. The van der Waals surface area contributed by atoms with E-state index in [1.807, 2.05) is 0 Å². The smallest absolute Gasteiger partial charge is 0.225 e. The minimum Gasteiger partial charge on any atom is -0.342 e. The van der Waals surface area contributed by atoms with Crippen LogP contribution in [-0.4, -0.2) is 30.4 Å². The zero-order valence-corrected chi connectivity index (χ0v) is 8.91. The summed E-state index contributed by atoms with van der Waals surface area (Å²) in [6, 6.07) is 0. The summed E-state index contributed by atoms with van der Waals surface area (Å²) < 4.78 is 0. The van der Waals surface area contributed by atoms with E-state index in [4.69, 9.17) is 5.73 Å². The number of carbonyl (C=O) groups excluding carboxylic acids is 1.